The Balaban J connectivity index is 2.22. The fraction of sp³-hybridized carbons (Fsp3) is 0.909. The first-order chi connectivity index (χ1) is 20.8. The number of ether oxygens (including phenoxy) is 2. The third-order valence-electron chi connectivity index (χ3n) is 8.86. The summed E-state index contributed by atoms with van der Waals surface area (Å²) in [5.74, 6) is 1.37. The van der Waals surface area contributed by atoms with Gasteiger partial charge in [-0.05, 0) is 108 Å². The minimum absolute atomic E-state index is 0.0890. The minimum Gasteiger partial charge on any atom is -0.385 e. The van der Waals surface area contributed by atoms with Crippen molar-refractivity contribution in [1.82, 2.24) is 25.6 Å². The molecule has 3 heterocycles. The van der Waals surface area contributed by atoms with Gasteiger partial charge in [0.05, 0.1) is 0 Å². The van der Waals surface area contributed by atoms with Gasteiger partial charge in [0.2, 0.25) is 17.8 Å². The van der Waals surface area contributed by atoms with Crippen LogP contribution in [0.3, 0.4) is 0 Å². The molecule has 45 heavy (non-hydrogen) atoms. The van der Waals surface area contributed by atoms with E-state index in [4.69, 9.17) is 24.4 Å². The van der Waals surface area contributed by atoms with Crippen molar-refractivity contribution in [3.8, 4) is 0 Å². The van der Waals surface area contributed by atoms with E-state index in [-0.39, 0.29) is 40.2 Å². The van der Waals surface area contributed by atoms with Crippen LogP contribution in [0.4, 0.5) is 17.8 Å². The number of aliphatic hydroxyl groups excluding tert-OH is 2. The van der Waals surface area contributed by atoms with Crippen LogP contribution in [-0.2, 0) is 9.47 Å². The summed E-state index contributed by atoms with van der Waals surface area (Å²) in [4.78, 5) is 21.3. The summed E-state index contributed by atoms with van der Waals surface area (Å²) in [6, 6.07) is 0.308. The molecule has 2 fully saturated rings. The normalized spacial score (nSPS) is 22.5. The number of anilines is 3. The van der Waals surface area contributed by atoms with Crippen molar-refractivity contribution in [3.63, 3.8) is 0 Å². The molecular formula is C33H64N8O4. The summed E-state index contributed by atoms with van der Waals surface area (Å²) in [5, 5.41) is 29.2. The van der Waals surface area contributed by atoms with Crippen LogP contribution in [0.1, 0.15) is 108 Å². The zero-order chi connectivity index (χ0) is 33.8. The maximum atomic E-state index is 10.8. The van der Waals surface area contributed by atoms with E-state index in [2.05, 4.69) is 75.8 Å². The Hall–Kier alpha value is -1.83. The van der Waals surface area contributed by atoms with Gasteiger partial charge in [0, 0.05) is 74.8 Å². The Morgan fingerprint density at radius 1 is 0.644 bits per heavy atom. The number of nitrogens with zero attached hydrogens (tertiary/aromatic N) is 6. The highest BCUT2D eigenvalue weighted by Gasteiger charge is 2.43. The van der Waals surface area contributed by atoms with Gasteiger partial charge in [0.15, 0.2) is 0 Å². The molecular weight excluding hydrogens is 572 g/mol. The van der Waals surface area contributed by atoms with Gasteiger partial charge in [0.1, 0.15) is 12.5 Å². The third-order valence-corrected chi connectivity index (χ3v) is 8.86. The smallest absolute Gasteiger partial charge is 0.236 e. The number of aliphatic hydroxyl groups is 2. The van der Waals surface area contributed by atoms with Gasteiger partial charge < -0.3 is 40.1 Å². The van der Waals surface area contributed by atoms with Gasteiger partial charge in [-0.1, -0.05) is 0 Å². The fourth-order valence-corrected chi connectivity index (χ4v) is 7.99. The zero-order valence-corrected chi connectivity index (χ0v) is 30.3. The van der Waals surface area contributed by atoms with E-state index in [9.17, 15) is 10.2 Å². The van der Waals surface area contributed by atoms with Gasteiger partial charge in [-0.3, -0.25) is 4.90 Å². The Bertz CT molecular complexity index is 971. The van der Waals surface area contributed by atoms with Crippen LogP contribution in [-0.4, -0.2) is 112 Å². The lowest BCUT2D eigenvalue weighted by atomic mass is 9.79. The Labute approximate surface area is 272 Å². The van der Waals surface area contributed by atoms with E-state index in [1.54, 1.807) is 28.1 Å². The zero-order valence-electron chi connectivity index (χ0n) is 30.3. The molecule has 0 spiro atoms. The van der Waals surface area contributed by atoms with Crippen molar-refractivity contribution >= 4 is 17.8 Å². The highest BCUT2D eigenvalue weighted by atomic mass is 16.5. The first kappa shape index (κ1) is 37.6. The van der Waals surface area contributed by atoms with Crippen LogP contribution < -0.4 is 25.3 Å². The molecule has 0 bridgehead atoms. The standard InChI is InChI=1S/C33H64N8O4/c1-23(42)41(24(2)43)29-35-27(39(15-13-17-44-11)25-19-30(3,4)37-31(5,6)20-25)34-28(36-29)40(16-14-18-45-12)26-21-32(7,8)38-33(9,10)22-26/h23-26,37-38,42-43H,13-22H2,1-12H3. The first-order valence-electron chi connectivity index (χ1n) is 16.8. The average Bonchev–Trinajstić information content (AvgIpc) is 2.85. The molecule has 3 rings (SSSR count). The van der Waals surface area contributed by atoms with Crippen molar-refractivity contribution in [2.24, 2.45) is 0 Å². The highest BCUT2D eigenvalue weighted by molar-refractivity contribution is 5.49. The second-order valence-electron chi connectivity index (χ2n) is 15.9. The summed E-state index contributed by atoms with van der Waals surface area (Å²) in [6.45, 7) is 23.9. The number of piperidine rings is 2. The minimum atomic E-state index is -1.01. The van der Waals surface area contributed by atoms with E-state index in [1.165, 1.54) is 4.90 Å². The summed E-state index contributed by atoms with van der Waals surface area (Å²) in [6.07, 6.45) is 3.23. The number of hydrogen-bond acceptors (Lipinski definition) is 12. The second kappa shape index (κ2) is 14.9. The van der Waals surface area contributed by atoms with Crippen LogP contribution in [0.25, 0.3) is 0 Å². The van der Waals surface area contributed by atoms with Crippen LogP contribution >= 0.6 is 0 Å². The molecule has 2 unspecified atom stereocenters. The van der Waals surface area contributed by atoms with Crippen molar-refractivity contribution in [3.05, 3.63) is 0 Å². The predicted molar refractivity (Wildman–Crippen MR) is 182 cm³/mol. The van der Waals surface area contributed by atoms with E-state index >= 15 is 0 Å². The Morgan fingerprint density at radius 2 is 0.956 bits per heavy atom. The first-order valence-corrected chi connectivity index (χ1v) is 16.8. The molecule has 12 nitrogen and oxygen atoms in total. The summed E-state index contributed by atoms with van der Waals surface area (Å²) < 4.78 is 10.9. The van der Waals surface area contributed by atoms with E-state index < -0.39 is 12.5 Å². The van der Waals surface area contributed by atoms with E-state index in [0.29, 0.717) is 38.2 Å². The number of methoxy groups -OCH3 is 2. The molecule has 0 aliphatic carbocycles. The largest absolute Gasteiger partial charge is 0.385 e. The van der Waals surface area contributed by atoms with Crippen molar-refractivity contribution in [2.75, 3.05) is 55.2 Å². The van der Waals surface area contributed by atoms with Gasteiger partial charge in [-0.15, -0.1) is 0 Å². The molecule has 0 amide bonds. The van der Waals surface area contributed by atoms with E-state index in [0.717, 1.165) is 38.5 Å². The van der Waals surface area contributed by atoms with Crippen molar-refractivity contribution in [2.45, 2.75) is 154 Å². The Kier molecular flexibility index (Phi) is 12.5. The molecule has 12 heteroatoms. The van der Waals surface area contributed by atoms with Crippen LogP contribution in [0, 0.1) is 0 Å². The number of hydrogen-bond donors (Lipinski definition) is 4. The quantitative estimate of drug-likeness (QED) is 0.166. The molecule has 0 aromatic carbocycles. The number of aromatic nitrogens is 3. The molecule has 0 radical (unpaired) electrons. The van der Waals surface area contributed by atoms with Gasteiger partial charge >= 0.3 is 0 Å². The fourth-order valence-electron chi connectivity index (χ4n) is 7.99. The number of rotatable bonds is 15. The molecule has 2 aliphatic heterocycles. The van der Waals surface area contributed by atoms with Crippen LogP contribution in [0.5, 0.6) is 0 Å². The molecule has 2 aliphatic rings. The maximum absolute atomic E-state index is 10.8. The van der Waals surface area contributed by atoms with Gasteiger partial charge in [0.25, 0.3) is 0 Å². The van der Waals surface area contributed by atoms with Crippen LogP contribution in [0.15, 0.2) is 0 Å². The lowest BCUT2D eigenvalue weighted by molar-refractivity contribution is 0.102. The van der Waals surface area contributed by atoms with Crippen molar-refractivity contribution in [1.29, 1.82) is 0 Å². The highest BCUT2D eigenvalue weighted by Crippen LogP contribution is 2.36. The monoisotopic (exact) mass is 637 g/mol. The van der Waals surface area contributed by atoms with E-state index in [1.807, 2.05) is 0 Å². The molecule has 2 atom stereocenters. The lowest BCUT2D eigenvalue weighted by Gasteiger charge is -2.50. The Morgan fingerprint density at radius 3 is 1.24 bits per heavy atom. The molecule has 4 N–H and O–H groups in total. The predicted octanol–water partition coefficient (Wildman–Crippen LogP) is 3.66. The molecule has 1 aromatic heterocycles. The molecule has 2 saturated heterocycles. The van der Waals surface area contributed by atoms with Gasteiger partial charge in [-0.2, -0.15) is 15.0 Å². The summed E-state index contributed by atoms with van der Waals surface area (Å²) in [7, 11) is 3.45. The average molecular weight is 637 g/mol. The number of nitrogens with one attached hydrogen (secondary N) is 2. The SMILES string of the molecule is COCCCN(c1nc(N(CCCOC)C2CC(C)(C)NC(C)(C)C2)nc(N(C(C)O)C(C)O)n1)C1CC(C)(C)NC(C)(C)C1. The summed E-state index contributed by atoms with van der Waals surface area (Å²) in [5.41, 5.74) is -0.356. The van der Waals surface area contributed by atoms with Crippen molar-refractivity contribution < 1.29 is 19.7 Å². The third kappa shape index (κ3) is 10.6. The van der Waals surface area contributed by atoms with Gasteiger partial charge in [-0.25, -0.2) is 0 Å². The molecule has 260 valence electrons. The topological polar surface area (TPSA) is 131 Å². The maximum Gasteiger partial charge on any atom is 0.236 e. The lowest BCUT2D eigenvalue weighted by Crippen LogP contribution is -2.63. The molecule has 1 aromatic rings. The second-order valence-corrected chi connectivity index (χ2v) is 15.9. The molecule has 0 saturated carbocycles. The summed E-state index contributed by atoms with van der Waals surface area (Å²) >= 11 is 0. The van der Waals surface area contributed by atoms with Crippen LogP contribution in [0.2, 0.25) is 0 Å².